The molecule has 0 radical (unpaired) electrons. The maximum absolute atomic E-state index is 13.0. The average Bonchev–Trinajstić information content (AvgIpc) is 3.56. The molecule has 7 nitrogen and oxygen atoms in total. The predicted octanol–water partition coefficient (Wildman–Crippen LogP) is 2.84. The lowest BCUT2D eigenvalue weighted by Crippen LogP contribution is -2.45. The molecule has 1 saturated carbocycles. The summed E-state index contributed by atoms with van der Waals surface area (Å²) in [6.45, 7) is 2.29. The zero-order valence-corrected chi connectivity index (χ0v) is 17.4. The van der Waals surface area contributed by atoms with E-state index in [0.717, 1.165) is 55.8 Å². The highest BCUT2D eigenvalue weighted by Crippen LogP contribution is 2.33. The first kappa shape index (κ1) is 19.7. The van der Waals surface area contributed by atoms with E-state index in [4.69, 9.17) is 9.47 Å². The number of piperidine rings is 1. The molecule has 3 aliphatic rings. The second-order valence-corrected chi connectivity index (χ2v) is 8.43. The van der Waals surface area contributed by atoms with Gasteiger partial charge in [-0.3, -0.25) is 9.59 Å². The third-order valence-corrected chi connectivity index (χ3v) is 6.17. The Morgan fingerprint density at radius 1 is 0.968 bits per heavy atom. The fourth-order valence-corrected chi connectivity index (χ4v) is 4.20. The molecule has 2 N–H and O–H groups in total. The molecule has 0 aromatic heterocycles. The Morgan fingerprint density at radius 3 is 2.55 bits per heavy atom. The Labute approximate surface area is 181 Å². The van der Waals surface area contributed by atoms with Crippen molar-refractivity contribution < 1.29 is 19.1 Å². The lowest BCUT2D eigenvalue weighted by Gasteiger charge is -2.35. The number of nitrogens with zero attached hydrogens (tertiary/aromatic N) is 1. The lowest BCUT2D eigenvalue weighted by atomic mass is 10.0. The van der Waals surface area contributed by atoms with Gasteiger partial charge >= 0.3 is 0 Å². The quantitative estimate of drug-likeness (QED) is 0.750. The molecule has 2 aromatic rings. The van der Waals surface area contributed by atoms with Crippen LogP contribution >= 0.6 is 0 Å². The Kier molecular flexibility index (Phi) is 5.40. The van der Waals surface area contributed by atoms with E-state index in [1.54, 1.807) is 0 Å². The molecule has 1 saturated heterocycles. The Morgan fingerprint density at radius 2 is 1.74 bits per heavy atom. The number of para-hydroxylation sites is 1. The van der Waals surface area contributed by atoms with Crippen LogP contribution in [0.2, 0.25) is 0 Å². The van der Waals surface area contributed by atoms with Crippen molar-refractivity contribution in [3.8, 4) is 11.5 Å². The predicted molar refractivity (Wildman–Crippen MR) is 116 cm³/mol. The molecule has 0 atom stereocenters. The molecule has 31 heavy (non-hydrogen) atoms. The highest BCUT2D eigenvalue weighted by Gasteiger charge is 2.32. The zero-order valence-electron chi connectivity index (χ0n) is 17.4. The second kappa shape index (κ2) is 8.49. The van der Waals surface area contributed by atoms with Crippen molar-refractivity contribution in [3.05, 3.63) is 53.6 Å². The van der Waals surface area contributed by atoms with Crippen LogP contribution < -0.4 is 25.0 Å². The molecule has 2 amide bonds. The van der Waals surface area contributed by atoms with Crippen molar-refractivity contribution in [2.75, 3.05) is 24.8 Å². The van der Waals surface area contributed by atoms with Crippen molar-refractivity contribution in [2.24, 2.45) is 5.92 Å². The van der Waals surface area contributed by atoms with Crippen LogP contribution in [0.25, 0.3) is 0 Å². The van der Waals surface area contributed by atoms with Gasteiger partial charge in [0.2, 0.25) is 12.7 Å². The van der Waals surface area contributed by atoms with E-state index in [2.05, 4.69) is 15.5 Å². The summed E-state index contributed by atoms with van der Waals surface area (Å²) in [5.41, 5.74) is 2.57. The normalized spacial score (nSPS) is 18.0. The third-order valence-electron chi connectivity index (χ3n) is 6.17. The number of amides is 2. The minimum Gasteiger partial charge on any atom is -0.454 e. The van der Waals surface area contributed by atoms with Crippen molar-refractivity contribution in [2.45, 2.75) is 38.3 Å². The van der Waals surface area contributed by atoms with Gasteiger partial charge in [-0.2, -0.15) is 0 Å². The van der Waals surface area contributed by atoms with Crippen LogP contribution in [0.1, 0.15) is 41.6 Å². The van der Waals surface area contributed by atoms with Crippen LogP contribution in [0.3, 0.4) is 0 Å². The maximum atomic E-state index is 13.0. The average molecular weight is 421 g/mol. The molecule has 0 spiro atoms. The van der Waals surface area contributed by atoms with Gasteiger partial charge in [-0.1, -0.05) is 18.2 Å². The fourth-order valence-electron chi connectivity index (χ4n) is 4.20. The topological polar surface area (TPSA) is 79.9 Å². The van der Waals surface area contributed by atoms with Crippen LogP contribution in [0.15, 0.2) is 42.5 Å². The molecule has 7 heteroatoms. The van der Waals surface area contributed by atoms with Gasteiger partial charge in [-0.15, -0.1) is 0 Å². The van der Waals surface area contributed by atoms with E-state index < -0.39 is 0 Å². The molecular weight excluding hydrogens is 394 g/mol. The van der Waals surface area contributed by atoms with Crippen LogP contribution in [0.5, 0.6) is 11.5 Å². The van der Waals surface area contributed by atoms with E-state index in [1.807, 2.05) is 42.5 Å². The monoisotopic (exact) mass is 421 g/mol. The SMILES string of the molecule is O=C(NCc1ccc2c(c1)OCO2)c1ccccc1N1CCC(NC(=O)C2CC2)CC1. The zero-order chi connectivity index (χ0) is 21.2. The summed E-state index contributed by atoms with van der Waals surface area (Å²) in [7, 11) is 0. The molecular formula is C24H27N3O4. The number of hydrogen-bond acceptors (Lipinski definition) is 5. The minimum absolute atomic E-state index is 0.0996. The minimum atomic E-state index is -0.0996. The van der Waals surface area contributed by atoms with E-state index in [-0.39, 0.29) is 30.6 Å². The number of anilines is 1. The van der Waals surface area contributed by atoms with Gasteiger partial charge < -0.3 is 25.0 Å². The second-order valence-electron chi connectivity index (χ2n) is 8.43. The molecule has 162 valence electrons. The van der Waals surface area contributed by atoms with Crippen molar-refractivity contribution >= 4 is 17.5 Å². The van der Waals surface area contributed by atoms with Crippen LogP contribution in [-0.4, -0.2) is 37.7 Å². The van der Waals surface area contributed by atoms with Gasteiger partial charge in [0.25, 0.3) is 5.91 Å². The summed E-state index contributed by atoms with van der Waals surface area (Å²) >= 11 is 0. The van der Waals surface area contributed by atoms with Gasteiger partial charge in [0.05, 0.1) is 5.56 Å². The van der Waals surface area contributed by atoms with Gasteiger partial charge in [0.1, 0.15) is 0 Å². The largest absolute Gasteiger partial charge is 0.454 e. The molecule has 2 aromatic carbocycles. The van der Waals surface area contributed by atoms with E-state index >= 15 is 0 Å². The summed E-state index contributed by atoms with van der Waals surface area (Å²) in [5, 5.41) is 6.20. The molecule has 5 rings (SSSR count). The number of hydrogen-bond donors (Lipinski definition) is 2. The van der Waals surface area contributed by atoms with Crippen molar-refractivity contribution in [1.29, 1.82) is 0 Å². The molecule has 2 fully saturated rings. The Balaban J connectivity index is 1.20. The smallest absolute Gasteiger partial charge is 0.253 e. The summed E-state index contributed by atoms with van der Waals surface area (Å²) in [5.74, 6) is 1.80. The van der Waals surface area contributed by atoms with Crippen LogP contribution in [0.4, 0.5) is 5.69 Å². The van der Waals surface area contributed by atoms with Crippen LogP contribution in [0, 0.1) is 5.92 Å². The molecule has 0 bridgehead atoms. The number of nitrogens with one attached hydrogen (secondary N) is 2. The number of rotatable bonds is 6. The fraction of sp³-hybridized carbons (Fsp3) is 0.417. The van der Waals surface area contributed by atoms with Crippen molar-refractivity contribution in [3.63, 3.8) is 0 Å². The number of ether oxygens (including phenoxy) is 2. The third kappa shape index (κ3) is 4.45. The van der Waals surface area contributed by atoms with Gasteiger partial charge in [0.15, 0.2) is 11.5 Å². The van der Waals surface area contributed by atoms with Gasteiger partial charge in [0, 0.05) is 37.3 Å². The molecule has 2 heterocycles. The molecule has 2 aliphatic heterocycles. The molecule has 1 aliphatic carbocycles. The lowest BCUT2D eigenvalue weighted by molar-refractivity contribution is -0.123. The van der Waals surface area contributed by atoms with E-state index in [1.165, 1.54) is 0 Å². The summed E-state index contributed by atoms with van der Waals surface area (Å²) in [6, 6.07) is 13.6. The van der Waals surface area contributed by atoms with E-state index in [0.29, 0.717) is 17.9 Å². The van der Waals surface area contributed by atoms with E-state index in [9.17, 15) is 9.59 Å². The Bertz CT molecular complexity index is 981. The number of carbonyl (C=O) groups excluding carboxylic acids is 2. The highest BCUT2D eigenvalue weighted by molar-refractivity contribution is 5.99. The summed E-state index contributed by atoms with van der Waals surface area (Å²) in [4.78, 5) is 27.2. The van der Waals surface area contributed by atoms with Crippen LogP contribution in [-0.2, 0) is 11.3 Å². The standard InChI is InChI=1S/C24H27N3O4/c28-23(17-6-7-17)26-18-9-11-27(12-10-18)20-4-2-1-3-19(20)24(29)25-14-16-5-8-21-22(13-16)31-15-30-21/h1-5,8,13,17-18H,6-7,9-12,14-15H2,(H,25,29)(H,26,28). The number of fused-ring (bicyclic) bond motifs is 1. The first-order chi connectivity index (χ1) is 15.2. The summed E-state index contributed by atoms with van der Waals surface area (Å²) < 4.78 is 10.7. The highest BCUT2D eigenvalue weighted by atomic mass is 16.7. The number of benzene rings is 2. The summed E-state index contributed by atoms with van der Waals surface area (Å²) in [6.07, 6.45) is 3.84. The first-order valence-corrected chi connectivity index (χ1v) is 11.0. The first-order valence-electron chi connectivity index (χ1n) is 11.0. The number of carbonyl (C=O) groups is 2. The van der Waals surface area contributed by atoms with Gasteiger partial charge in [-0.05, 0) is 55.5 Å². The van der Waals surface area contributed by atoms with Crippen molar-refractivity contribution in [1.82, 2.24) is 10.6 Å². The maximum Gasteiger partial charge on any atom is 0.253 e. The van der Waals surface area contributed by atoms with Gasteiger partial charge in [-0.25, -0.2) is 0 Å². The molecule has 0 unspecified atom stereocenters. The Hall–Kier alpha value is -3.22.